The number of nitrogens with one attached hydrogen (secondary N) is 2. The molecule has 0 aromatic heterocycles. The molecule has 75 heavy (non-hydrogen) atoms. The van der Waals surface area contributed by atoms with Crippen molar-refractivity contribution in [1.82, 2.24) is 20.4 Å². The normalized spacial score (nSPS) is 15.8. The van der Waals surface area contributed by atoms with Crippen LogP contribution in [-0.2, 0) is 53.5 Å². The molecule has 1 aromatic carbocycles. The van der Waals surface area contributed by atoms with Crippen molar-refractivity contribution in [2.24, 2.45) is 17.8 Å². The average molecular weight is 1140 g/mol. The summed E-state index contributed by atoms with van der Waals surface area (Å²) in [5.74, 6) is -1.65. The van der Waals surface area contributed by atoms with Crippen molar-refractivity contribution in [2.75, 3.05) is 27.2 Å². The van der Waals surface area contributed by atoms with Gasteiger partial charge in [0.15, 0.2) is 22.7 Å². The van der Waals surface area contributed by atoms with Crippen molar-refractivity contribution in [3.8, 4) is 12.3 Å². The number of benzene rings is 1. The van der Waals surface area contributed by atoms with Gasteiger partial charge in [0.05, 0.1) is 18.8 Å². The molecule has 1 rings (SSSR count). The Morgan fingerprint density at radius 3 is 1.95 bits per heavy atom. The summed E-state index contributed by atoms with van der Waals surface area (Å²) in [5, 5.41) is 5.38. The van der Waals surface area contributed by atoms with E-state index in [1.807, 2.05) is 45.0 Å². The highest BCUT2D eigenvalue weighted by Crippen LogP contribution is 2.40. The summed E-state index contributed by atoms with van der Waals surface area (Å²) < 4.78 is 23.6. The van der Waals surface area contributed by atoms with Crippen molar-refractivity contribution >= 4 is 87.0 Å². The third kappa shape index (κ3) is 23.6. The molecule has 0 aliphatic rings. The quantitative estimate of drug-likeness (QED) is 0.0177. The lowest BCUT2D eigenvalue weighted by atomic mass is 9.92. The molecule has 426 valence electrons. The van der Waals surface area contributed by atoms with Gasteiger partial charge in [0.2, 0.25) is 21.5 Å². The van der Waals surface area contributed by atoms with E-state index in [1.165, 1.54) is 25.9 Å². The van der Waals surface area contributed by atoms with Crippen LogP contribution in [0.3, 0.4) is 0 Å². The molecule has 4 amide bonds. The molecule has 0 aliphatic heterocycles. The first-order valence-corrected chi connectivity index (χ1v) is 33.4. The van der Waals surface area contributed by atoms with Gasteiger partial charge in [0.25, 0.3) is 5.91 Å². The molecule has 0 saturated heterocycles. The van der Waals surface area contributed by atoms with Gasteiger partial charge in [-0.25, -0.2) is 9.59 Å². The summed E-state index contributed by atoms with van der Waals surface area (Å²) in [4.78, 5) is 85.4. The van der Waals surface area contributed by atoms with E-state index >= 15 is 0 Å². The smallest absolute Gasteiger partial charge is 0.334 e. The maximum Gasteiger partial charge on any atom is 0.334 e. The average Bonchev–Trinajstić information content (AvgIpc) is 3.34. The monoisotopic (exact) mass is 1140 g/mol. The fourth-order valence-corrected chi connectivity index (χ4v) is 12.8. The molecule has 19 heteroatoms. The Hall–Kier alpha value is -3.44. The maximum atomic E-state index is 14.3. The van der Waals surface area contributed by atoms with Crippen LogP contribution in [0.1, 0.15) is 134 Å². The third-order valence-corrected chi connectivity index (χ3v) is 24.3. The zero-order chi connectivity index (χ0) is 57.6. The topological polar surface area (TPSA) is 170 Å². The van der Waals surface area contributed by atoms with Gasteiger partial charge >= 0.3 is 11.9 Å². The molecule has 8 atom stereocenters. The van der Waals surface area contributed by atoms with E-state index in [2.05, 4.69) is 78.1 Å². The molecular formula is C56H93Cl3N4O10Si2. The minimum atomic E-state index is -2.20. The summed E-state index contributed by atoms with van der Waals surface area (Å²) in [6.07, 6.45) is 9.36. The molecule has 0 fully saturated rings. The van der Waals surface area contributed by atoms with Gasteiger partial charge in [-0.2, -0.15) is 0 Å². The number of terminal acetylenes is 1. The molecule has 0 bridgehead atoms. The molecule has 2 N–H and O–H groups in total. The molecule has 0 saturated carbocycles. The van der Waals surface area contributed by atoms with Crippen LogP contribution >= 0.6 is 34.8 Å². The first-order chi connectivity index (χ1) is 34.7. The van der Waals surface area contributed by atoms with Crippen LogP contribution in [-0.4, -0.2) is 129 Å². The number of hydrogen-bond donors (Lipinski definition) is 2. The second-order valence-corrected chi connectivity index (χ2v) is 34.1. The van der Waals surface area contributed by atoms with Gasteiger partial charge in [-0.3, -0.25) is 19.2 Å². The number of carbonyl (C=O) groups is 6. The number of alkyl halides is 3. The van der Waals surface area contributed by atoms with Crippen molar-refractivity contribution < 1.29 is 47.1 Å². The van der Waals surface area contributed by atoms with Gasteiger partial charge in [-0.15, -0.1) is 12.3 Å². The van der Waals surface area contributed by atoms with Gasteiger partial charge in [-0.05, 0) is 93.2 Å². The van der Waals surface area contributed by atoms with Crippen LogP contribution in [0.4, 0.5) is 0 Å². The number of amides is 4. The molecule has 0 heterocycles. The van der Waals surface area contributed by atoms with E-state index < -0.39 is 93.4 Å². The number of halogens is 3. The molecule has 0 aliphatic carbocycles. The number of likely N-dealkylation sites (N-methyl/N-ethyl adjacent to an activating group) is 2. The molecule has 0 unspecified atom stereocenters. The van der Waals surface area contributed by atoms with Gasteiger partial charge in [-0.1, -0.05) is 154 Å². The van der Waals surface area contributed by atoms with Crippen LogP contribution in [0.15, 0.2) is 42.0 Å². The Morgan fingerprint density at radius 2 is 1.44 bits per heavy atom. The standard InChI is InChI=1S/C56H93Cl3N4O10Si2/c1-19-24-26-31-45(72-74(17,18)55(12,13)14)41(10)46(73-75(21-3,22-4)23-5)33-32-40(9)53(68)71-47(34-38(6)7)50(65)60-42(11)51(66)63(16)44(35-43-29-27-25-28-30-43)52(67)62(15)36-48(64)61-49(39(8)20-2)54(69)70-37-56(57,58)59/h1,25,27-30,32,38-39,41-42,44-47,49H,20-24,26,31,33-37H2,2-18H3,(H,60,65)(H,61,64)/b40-32+/t39-,41+,42-,44+,45+,46-,47+,49-/m0/s1. The first-order valence-electron chi connectivity index (χ1n) is 26.8. The first kappa shape index (κ1) is 69.6. The summed E-state index contributed by atoms with van der Waals surface area (Å²) in [6.45, 7) is 29.5. The lowest BCUT2D eigenvalue weighted by molar-refractivity contribution is -0.154. The van der Waals surface area contributed by atoms with Crippen LogP contribution in [0.5, 0.6) is 0 Å². The van der Waals surface area contributed by atoms with Gasteiger partial charge < -0.3 is 38.8 Å². The van der Waals surface area contributed by atoms with Crippen LogP contribution in [0, 0.1) is 30.1 Å². The van der Waals surface area contributed by atoms with Crippen molar-refractivity contribution in [1.29, 1.82) is 0 Å². The van der Waals surface area contributed by atoms with Crippen LogP contribution < -0.4 is 10.6 Å². The predicted octanol–water partition coefficient (Wildman–Crippen LogP) is 11.0. The Kier molecular flexibility index (Phi) is 30.1. The van der Waals surface area contributed by atoms with E-state index in [1.54, 1.807) is 26.0 Å². The van der Waals surface area contributed by atoms with Gasteiger partial charge in [0, 0.05) is 38.4 Å². The minimum Gasteiger partial charge on any atom is -0.460 e. The number of ether oxygens (including phenoxy) is 2. The fourth-order valence-electron chi connectivity index (χ4n) is 8.29. The van der Waals surface area contributed by atoms with Crippen LogP contribution in [0.25, 0.3) is 0 Å². The molecule has 1 aromatic rings. The lowest BCUT2D eigenvalue weighted by Gasteiger charge is -2.44. The fraction of sp³-hybridized carbons (Fsp3) is 0.714. The minimum absolute atomic E-state index is 0.0128. The zero-order valence-corrected chi connectivity index (χ0v) is 52.6. The zero-order valence-electron chi connectivity index (χ0n) is 48.3. The second-order valence-electron chi connectivity index (χ2n) is 22.2. The molecule has 14 nitrogen and oxygen atoms in total. The number of nitrogens with zero attached hydrogens (tertiary/aromatic N) is 2. The van der Waals surface area contributed by atoms with E-state index in [9.17, 15) is 28.8 Å². The molecule has 0 radical (unpaired) electrons. The number of unbranched alkanes of at least 4 members (excludes halogenated alkanes) is 1. The summed E-state index contributed by atoms with van der Waals surface area (Å²) >= 11 is 17.3. The number of carbonyl (C=O) groups excluding carboxylic acids is 6. The van der Waals surface area contributed by atoms with E-state index in [0.717, 1.165) is 41.4 Å². The SMILES string of the molecule is C#CCCC[C@@H](O[Si](C)(C)C(C)(C)C)[C@@H](C)[C@H](C/C=C(\C)C(=O)O[C@H](CC(C)C)C(=O)N[C@@H](C)C(=O)N(C)[C@H](Cc1ccccc1)C(=O)N(C)CC(=O)N[C@H](C(=O)OCC(Cl)(Cl)Cl)[C@@H](C)CC)O[Si](CC)(CC)CC. The van der Waals surface area contributed by atoms with E-state index in [0.29, 0.717) is 24.8 Å². The molecule has 0 spiro atoms. The highest BCUT2D eigenvalue weighted by atomic mass is 35.6. The maximum absolute atomic E-state index is 14.3. The summed E-state index contributed by atoms with van der Waals surface area (Å²) in [6, 6.07) is 8.52. The highest BCUT2D eigenvalue weighted by Gasteiger charge is 2.43. The number of esters is 2. The van der Waals surface area contributed by atoms with E-state index in [4.69, 9.17) is 59.6 Å². The third-order valence-electron chi connectivity index (χ3n) is 14.8. The van der Waals surface area contributed by atoms with Crippen molar-refractivity contribution in [3.05, 3.63) is 47.5 Å². The highest BCUT2D eigenvalue weighted by molar-refractivity contribution is 6.74. The summed E-state index contributed by atoms with van der Waals surface area (Å²) in [7, 11) is -1.48. The Bertz CT molecular complexity index is 2050. The molecular weight excluding hydrogens is 1050 g/mol. The Labute approximate surface area is 468 Å². The Balaban J connectivity index is 3.46. The number of rotatable bonds is 32. The summed E-state index contributed by atoms with van der Waals surface area (Å²) in [5.41, 5.74) is 1.06. The largest absolute Gasteiger partial charge is 0.460 e. The van der Waals surface area contributed by atoms with Crippen molar-refractivity contribution in [3.63, 3.8) is 0 Å². The van der Waals surface area contributed by atoms with Gasteiger partial charge in [0.1, 0.15) is 24.7 Å². The van der Waals surface area contributed by atoms with Crippen molar-refractivity contribution in [2.45, 2.75) is 211 Å². The predicted molar refractivity (Wildman–Crippen MR) is 308 cm³/mol. The van der Waals surface area contributed by atoms with E-state index in [-0.39, 0.29) is 47.8 Å². The number of hydrogen-bond acceptors (Lipinski definition) is 10. The lowest BCUT2D eigenvalue weighted by Crippen LogP contribution is -2.56. The second kappa shape index (κ2) is 32.5. The Morgan fingerprint density at radius 1 is 0.853 bits per heavy atom. The van der Waals surface area contributed by atoms with Crippen LogP contribution in [0.2, 0.25) is 36.3 Å².